The zero-order valence-electron chi connectivity index (χ0n) is 69.3. The highest BCUT2D eigenvalue weighted by Crippen LogP contribution is 2.36. The molecule has 0 bridgehead atoms. The highest BCUT2D eigenvalue weighted by molar-refractivity contribution is 7.23. The first-order valence-corrected chi connectivity index (χ1v) is 43.4. The molecule has 0 aliphatic carbocycles. The maximum Gasteiger partial charge on any atom is 0.324 e. The summed E-state index contributed by atoms with van der Waals surface area (Å²) in [6.07, 6.45) is 0.731. The Balaban J connectivity index is 0.000000143. The lowest BCUT2D eigenvalue weighted by Gasteiger charge is -2.40. The van der Waals surface area contributed by atoms with Crippen molar-refractivity contribution in [2.45, 2.75) is 104 Å². The van der Waals surface area contributed by atoms with Gasteiger partial charge >= 0.3 is 24.1 Å². The van der Waals surface area contributed by atoms with Crippen LogP contribution in [0.3, 0.4) is 0 Å². The van der Waals surface area contributed by atoms with Crippen LogP contribution >= 0.6 is 45.3 Å². The van der Waals surface area contributed by atoms with Crippen molar-refractivity contribution in [3.63, 3.8) is 0 Å². The van der Waals surface area contributed by atoms with Crippen LogP contribution in [0, 0.1) is 56.8 Å². The molecule has 4 aromatic carbocycles. The number of aromatic nitrogens is 8. The van der Waals surface area contributed by atoms with Crippen LogP contribution in [0.5, 0.6) is 0 Å². The van der Waals surface area contributed by atoms with Gasteiger partial charge in [0.1, 0.15) is 30.2 Å². The number of benzene rings is 4. The third-order valence-corrected chi connectivity index (χ3v) is 25.3. The molecule has 41 heteroatoms. The topological polar surface area (TPSA) is 407 Å². The van der Waals surface area contributed by atoms with E-state index in [2.05, 4.69) is 61.1 Å². The number of aliphatic hydroxyl groups excluding tert-OH is 8. The number of piperazine rings is 4. The van der Waals surface area contributed by atoms with Crippen molar-refractivity contribution < 1.29 is 82.0 Å². The largest absolute Gasteiger partial charge is 0.393 e. The summed E-state index contributed by atoms with van der Waals surface area (Å²) in [6.45, 7) is 18.0. The molecule has 125 heavy (non-hydrogen) atoms. The molecule has 0 saturated carbocycles. The number of nitrogens with zero attached hydrogens (tertiary/aromatic N) is 16. The highest BCUT2D eigenvalue weighted by atomic mass is 32.1. The number of anilines is 8. The molecule has 4 fully saturated rings. The number of pyridine rings is 4. The zero-order chi connectivity index (χ0) is 89.4. The fourth-order valence-corrected chi connectivity index (χ4v) is 18.3. The zero-order valence-corrected chi connectivity index (χ0v) is 72.6. The Kier molecular flexibility index (Phi) is 29.5. The Morgan fingerprint density at radius 1 is 0.368 bits per heavy atom. The Morgan fingerprint density at radius 2 is 0.696 bits per heavy atom. The van der Waals surface area contributed by atoms with Crippen LogP contribution in [0.1, 0.15) is 96.6 Å². The number of aliphatic hydroxyl groups is 8. The van der Waals surface area contributed by atoms with E-state index in [0.29, 0.717) is 115 Å². The number of carbonyl (C=O) groups excluding carboxylic acids is 4. The van der Waals surface area contributed by atoms with Gasteiger partial charge in [0.25, 0.3) is 0 Å². The van der Waals surface area contributed by atoms with Crippen LogP contribution in [0.25, 0.3) is 40.9 Å². The summed E-state index contributed by atoms with van der Waals surface area (Å²) < 4.78 is 75.7. The van der Waals surface area contributed by atoms with E-state index in [9.17, 15) is 61.6 Å². The fraction of sp³-hybridized carbons (Fsp3) is 0.381. The standard InChI is InChI=1S/C21H23F2N5O3S.3C21H24FN5O3S/c1-11-5-16-18(7-14(11)22)32-20(25-16)26-21(31)28-4-3-27(9-12(28)2)19-15(23)6-13(8-24-19)17(30)10-29;1-12-3-4-18-16(7-12)24-20(31-18)25-21(30)27-6-5-26(10-13(27)2)19-15(22)8-14(9-23-19)17(29)11-28;1-12-3-4-16-18(7-12)31-20(24-16)25-21(30)26-5-6-27(13(2)10-26)19-15(22)8-14(9-23-19)17(29)11-28;1-12-3-4-16-18(7-12)31-20(24-16)25-21(30)27-6-5-26(10-13(27)2)19-15(22)8-14(9-23-19)17(29)11-28/h5-8,12,17,29-30H,3-4,9-10H2,1-2H3,(H,25,26,31);3*3-4,7-9,13,17,28-29H,5-6,10-11H2,1-2H3,(H,24,25,30)/t12-,17+;13-,17+;13-,17-;13-,17+/m0110/s1. The quantitative estimate of drug-likeness (QED) is 0.0400. The average molecular weight is 1800 g/mol. The van der Waals surface area contributed by atoms with Gasteiger partial charge in [-0.25, -0.2) is 81.0 Å². The molecule has 8 atom stereocenters. The number of carbonyl (C=O) groups is 4. The van der Waals surface area contributed by atoms with Gasteiger partial charge in [0, 0.05) is 150 Å². The lowest BCUT2D eigenvalue weighted by molar-refractivity contribution is 0.0950. The van der Waals surface area contributed by atoms with Gasteiger partial charge in [0.15, 0.2) is 67.1 Å². The minimum absolute atomic E-state index is 0.134. The fourth-order valence-electron chi connectivity index (χ4n) is 14.7. The van der Waals surface area contributed by atoms with Gasteiger partial charge in [-0.3, -0.25) is 21.3 Å². The second kappa shape index (κ2) is 40.3. The first kappa shape index (κ1) is 91.3. The molecular weight excluding hydrogens is 1700 g/mol. The van der Waals surface area contributed by atoms with E-state index >= 15 is 0 Å². The molecule has 4 aliphatic heterocycles. The number of halogens is 5. The van der Waals surface area contributed by atoms with Crippen LogP contribution in [-0.2, 0) is 0 Å². The lowest BCUT2D eigenvalue weighted by Crippen LogP contribution is -2.55. The van der Waals surface area contributed by atoms with Gasteiger partial charge in [-0.2, -0.15) is 0 Å². The summed E-state index contributed by atoms with van der Waals surface area (Å²) in [4.78, 5) is 99.3. The van der Waals surface area contributed by atoms with Crippen molar-refractivity contribution in [1.29, 1.82) is 0 Å². The van der Waals surface area contributed by atoms with Crippen LogP contribution < -0.4 is 40.9 Å². The van der Waals surface area contributed by atoms with E-state index in [1.165, 1.54) is 94.4 Å². The highest BCUT2D eigenvalue weighted by Gasteiger charge is 2.36. The van der Waals surface area contributed by atoms with Crippen molar-refractivity contribution in [2.75, 3.05) is 146 Å². The van der Waals surface area contributed by atoms with Gasteiger partial charge in [0.05, 0.1) is 67.3 Å². The molecule has 12 aromatic rings. The molecule has 12 heterocycles. The van der Waals surface area contributed by atoms with Crippen LogP contribution in [-0.4, -0.2) is 254 Å². The van der Waals surface area contributed by atoms with Crippen molar-refractivity contribution in [3.8, 4) is 0 Å². The summed E-state index contributed by atoms with van der Waals surface area (Å²) in [6, 6.07) is 23.9. The molecule has 0 unspecified atom stereocenters. The number of hydrogen-bond donors (Lipinski definition) is 12. The van der Waals surface area contributed by atoms with Gasteiger partial charge in [-0.05, 0) is 150 Å². The Bertz CT molecular complexity index is 5670. The van der Waals surface area contributed by atoms with E-state index in [1.807, 2.05) is 103 Å². The molecule has 12 N–H and O–H groups in total. The molecule has 16 rings (SSSR count). The summed E-state index contributed by atoms with van der Waals surface area (Å²) >= 11 is 5.49. The van der Waals surface area contributed by atoms with Crippen LogP contribution in [0.2, 0.25) is 0 Å². The van der Waals surface area contributed by atoms with Crippen molar-refractivity contribution in [1.82, 2.24) is 59.5 Å². The summed E-state index contributed by atoms with van der Waals surface area (Å²) in [5.74, 6) is -1.98. The molecular formula is C84H95F5N20O12S4. The van der Waals surface area contributed by atoms with E-state index in [0.717, 1.165) is 53.4 Å². The molecule has 662 valence electrons. The number of thiazole rings is 4. The second-order valence-electron chi connectivity index (χ2n) is 30.8. The Hall–Kier alpha value is -11.4. The minimum atomic E-state index is -1.19. The number of amides is 8. The van der Waals surface area contributed by atoms with E-state index in [-0.39, 0.29) is 99.6 Å². The van der Waals surface area contributed by atoms with Gasteiger partial charge in [-0.15, -0.1) is 0 Å². The van der Waals surface area contributed by atoms with Crippen LogP contribution in [0.15, 0.2) is 116 Å². The normalized spacial score (nSPS) is 17.7. The number of hydrogen-bond acceptors (Lipinski definition) is 28. The number of urea groups is 4. The Labute approximate surface area is 730 Å². The maximum atomic E-state index is 14.6. The molecule has 8 amide bonds. The third-order valence-electron chi connectivity index (χ3n) is 21.5. The number of rotatable bonds is 16. The lowest BCUT2D eigenvalue weighted by atomic mass is 10.1. The monoisotopic (exact) mass is 1800 g/mol. The van der Waals surface area contributed by atoms with Gasteiger partial charge < -0.3 is 80.1 Å². The van der Waals surface area contributed by atoms with E-state index < -0.39 is 74.1 Å². The Morgan fingerprint density at radius 3 is 1.06 bits per heavy atom. The molecule has 4 saturated heterocycles. The van der Waals surface area contributed by atoms with Crippen molar-refractivity contribution >= 4 is 154 Å². The van der Waals surface area contributed by atoms with Gasteiger partial charge in [0.2, 0.25) is 0 Å². The summed E-state index contributed by atoms with van der Waals surface area (Å²) in [5, 5.41) is 88.1. The number of fused-ring (bicyclic) bond motifs is 4. The first-order chi connectivity index (χ1) is 59.8. The molecule has 32 nitrogen and oxygen atoms in total. The predicted molar refractivity (Wildman–Crippen MR) is 472 cm³/mol. The van der Waals surface area contributed by atoms with E-state index in [1.54, 1.807) is 52.2 Å². The smallest absolute Gasteiger partial charge is 0.324 e. The third kappa shape index (κ3) is 21.8. The number of aryl methyl sites for hydroxylation is 4. The van der Waals surface area contributed by atoms with E-state index in [4.69, 9.17) is 20.4 Å². The van der Waals surface area contributed by atoms with Crippen molar-refractivity contribution in [2.24, 2.45) is 0 Å². The summed E-state index contributed by atoms with van der Waals surface area (Å²) in [7, 11) is 0. The van der Waals surface area contributed by atoms with Crippen molar-refractivity contribution in [3.05, 3.63) is 189 Å². The maximum absolute atomic E-state index is 14.6. The SMILES string of the molecule is Cc1cc2nc(NC(=O)N3CCN(c4ncc([C@H](O)CO)cc4F)C[C@@H]3C)sc2cc1F.Cc1ccc2nc(NC(=O)N3CCN(c4ncc([C@H](O)CO)cc4F)C[C@@H]3C)sc2c1.Cc1ccc2nc(NC(=O)N3CCN(c4ncc([C@H](O)CO)cc4F)[C@H](C)C3)sc2c1.Cc1ccc2sc(NC(=O)N3CCN(c4ncc([C@@H](O)CO)cc4F)C[C@H]3C)nc2c1. The van der Waals surface area contributed by atoms with Gasteiger partial charge in [-0.1, -0.05) is 63.5 Å². The molecule has 0 radical (unpaired) electrons. The molecule has 4 aliphatic rings. The molecule has 8 aromatic heterocycles. The number of nitrogens with one attached hydrogen (secondary N) is 4. The minimum Gasteiger partial charge on any atom is -0.393 e. The average Bonchev–Trinajstić information content (AvgIpc) is 1.66. The predicted octanol–water partition coefficient (Wildman–Crippen LogP) is 11.8. The summed E-state index contributed by atoms with van der Waals surface area (Å²) in [5.41, 5.74) is 7.92. The molecule has 0 spiro atoms. The first-order valence-electron chi connectivity index (χ1n) is 40.1. The van der Waals surface area contributed by atoms with Crippen LogP contribution in [0.4, 0.5) is 84.9 Å². The second-order valence-corrected chi connectivity index (χ2v) is 34.9.